The number of benzene rings is 1. The summed E-state index contributed by atoms with van der Waals surface area (Å²) < 4.78 is 0. The van der Waals surface area contributed by atoms with Crippen molar-refractivity contribution in [1.82, 2.24) is 0 Å². The third-order valence-electron chi connectivity index (χ3n) is 3.48. The van der Waals surface area contributed by atoms with Crippen molar-refractivity contribution in [2.45, 2.75) is 47.6 Å². The lowest BCUT2D eigenvalue weighted by Gasteiger charge is -2.23. The topological polar surface area (TPSA) is 26.0 Å². The molecular weight excluding hydrogens is 182 g/mol. The smallest absolute Gasteiger partial charge is 0.0323 e. The van der Waals surface area contributed by atoms with Gasteiger partial charge in [0.1, 0.15) is 0 Å². The van der Waals surface area contributed by atoms with Crippen molar-refractivity contribution in [3.05, 3.63) is 33.9 Å². The molecule has 0 spiro atoms. The Morgan fingerprint density at radius 2 is 1.33 bits per heavy atom. The van der Waals surface area contributed by atoms with Crippen LogP contribution in [0.5, 0.6) is 0 Å². The number of hydrogen-bond acceptors (Lipinski definition) is 1. The van der Waals surface area contributed by atoms with E-state index < -0.39 is 0 Å². The molecule has 0 heterocycles. The van der Waals surface area contributed by atoms with E-state index >= 15 is 0 Å². The molecule has 1 nitrogen and oxygen atoms in total. The summed E-state index contributed by atoms with van der Waals surface area (Å²) in [7, 11) is 0. The van der Waals surface area contributed by atoms with Gasteiger partial charge >= 0.3 is 0 Å². The third-order valence-corrected chi connectivity index (χ3v) is 3.48. The van der Waals surface area contributed by atoms with Gasteiger partial charge in [0, 0.05) is 6.04 Å². The molecule has 1 rings (SSSR count). The van der Waals surface area contributed by atoms with E-state index in [4.69, 9.17) is 5.73 Å². The quantitative estimate of drug-likeness (QED) is 0.784. The van der Waals surface area contributed by atoms with Gasteiger partial charge in [0.25, 0.3) is 0 Å². The van der Waals surface area contributed by atoms with Crippen LogP contribution in [-0.4, -0.2) is 0 Å². The maximum absolute atomic E-state index is 6.28. The molecule has 1 aromatic carbocycles. The molecule has 1 heteroatoms. The number of nitrogens with two attached hydrogens (primary N) is 1. The van der Waals surface area contributed by atoms with E-state index in [-0.39, 0.29) is 6.04 Å². The molecule has 15 heavy (non-hydrogen) atoms. The fourth-order valence-corrected chi connectivity index (χ4v) is 2.08. The van der Waals surface area contributed by atoms with Crippen LogP contribution in [0.15, 0.2) is 6.07 Å². The zero-order valence-electron chi connectivity index (χ0n) is 10.8. The maximum Gasteiger partial charge on any atom is 0.0323 e. The summed E-state index contributed by atoms with van der Waals surface area (Å²) in [5.41, 5.74) is 13.0. The van der Waals surface area contributed by atoms with E-state index in [9.17, 15) is 0 Å². The molecule has 0 aliphatic rings. The van der Waals surface area contributed by atoms with Gasteiger partial charge in [-0.1, -0.05) is 19.9 Å². The molecule has 0 amide bonds. The maximum atomic E-state index is 6.28. The summed E-state index contributed by atoms with van der Waals surface area (Å²) in [4.78, 5) is 0. The summed E-state index contributed by atoms with van der Waals surface area (Å²) in [6.45, 7) is 13.1. The molecule has 0 saturated heterocycles. The first-order valence-electron chi connectivity index (χ1n) is 5.69. The molecule has 0 fully saturated rings. The molecule has 0 bridgehead atoms. The molecule has 0 aromatic heterocycles. The second-order valence-corrected chi connectivity index (χ2v) is 4.94. The van der Waals surface area contributed by atoms with Crippen LogP contribution in [0.1, 0.15) is 47.7 Å². The van der Waals surface area contributed by atoms with E-state index in [2.05, 4.69) is 47.6 Å². The molecule has 1 aromatic rings. The highest BCUT2D eigenvalue weighted by Gasteiger charge is 2.17. The Labute approximate surface area is 93.7 Å². The second kappa shape index (κ2) is 4.36. The Bertz CT molecular complexity index is 338. The van der Waals surface area contributed by atoms with Crippen molar-refractivity contribution in [3.8, 4) is 0 Å². The highest BCUT2D eigenvalue weighted by Crippen LogP contribution is 2.29. The van der Waals surface area contributed by atoms with Gasteiger partial charge in [-0.05, 0) is 61.4 Å². The van der Waals surface area contributed by atoms with Crippen molar-refractivity contribution >= 4 is 0 Å². The first kappa shape index (κ1) is 12.3. The summed E-state index contributed by atoms with van der Waals surface area (Å²) in [5.74, 6) is 0.489. The molecule has 1 atom stereocenters. The van der Waals surface area contributed by atoms with Gasteiger partial charge < -0.3 is 5.73 Å². The minimum absolute atomic E-state index is 0.156. The van der Waals surface area contributed by atoms with E-state index in [1.165, 1.54) is 27.8 Å². The molecule has 84 valence electrons. The highest BCUT2D eigenvalue weighted by molar-refractivity contribution is 5.45. The van der Waals surface area contributed by atoms with Gasteiger partial charge in [-0.3, -0.25) is 0 Å². The molecule has 0 aliphatic heterocycles. The zero-order valence-corrected chi connectivity index (χ0v) is 10.8. The van der Waals surface area contributed by atoms with Gasteiger partial charge in [0.05, 0.1) is 0 Å². The van der Waals surface area contributed by atoms with Crippen LogP contribution in [0, 0.1) is 33.6 Å². The molecule has 0 aliphatic carbocycles. The Morgan fingerprint density at radius 3 is 1.67 bits per heavy atom. The van der Waals surface area contributed by atoms with Crippen LogP contribution in [-0.2, 0) is 0 Å². The first-order chi connectivity index (χ1) is 6.86. The average molecular weight is 205 g/mol. The predicted molar refractivity (Wildman–Crippen MR) is 67.2 cm³/mol. The summed E-state index contributed by atoms with van der Waals surface area (Å²) in [6, 6.07) is 2.41. The SMILES string of the molecule is Cc1cc(C)c(C)c(C(N)C(C)C)c1C. The standard InChI is InChI=1S/C14H23N/c1-8(2)14(15)13-11(5)9(3)7-10(4)12(13)6/h7-8,14H,15H2,1-6H3. The minimum atomic E-state index is 0.156. The summed E-state index contributed by atoms with van der Waals surface area (Å²) in [5, 5.41) is 0. The van der Waals surface area contributed by atoms with Crippen molar-refractivity contribution in [1.29, 1.82) is 0 Å². The van der Waals surface area contributed by atoms with Gasteiger partial charge in [-0.2, -0.15) is 0 Å². The predicted octanol–water partition coefficient (Wildman–Crippen LogP) is 3.58. The highest BCUT2D eigenvalue weighted by atomic mass is 14.6. The lowest BCUT2D eigenvalue weighted by atomic mass is 9.86. The van der Waals surface area contributed by atoms with Crippen LogP contribution in [0.25, 0.3) is 0 Å². The van der Waals surface area contributed by atoms with Crippen LogP contribution in [0.2, 0.25) is 0 Å². The molecule has 1 unspecified atom stereocenters. The van der Waals surface area contributed by atoms with Crippen molar-refractivity contribution in [3.63, 3.8) is 0 Å². The van der Waals surface area contributed by atoms with E-state index in [1.807, 2.05) is 0 Å². The Morgan fingerprint density at radius 1 is 0.933 bits per heavy atom. The van der Waals surface area contributed by atoms with Gasteiger partial charge in [-0.15, -0.1) is 0 Å². The van der Waals surface area contributed by atoms with Gasteiger partial charge in [0.2, 0.25) is 0 Å². The van der Waals surface area contributed by atoms with E-state index in [0.29, 0.717) is 5.92 Å². The van der Waals surface area contributed by atoms with Crippen molar-refractivity contribution < 1.29 is 0 Å². The Hall–Kier alpha value is -0.820. The lowest BCUT2D eigenvalue weighted by Crippen LogP contribution is -2.20. The molecule has 0 radical (unpaired) electrons. The fraction of sp³-hybridized carbons (Fsp3) is 0.571. The molecular formula is C14H23N. The summed E-state index contributed by atoms with van der Waals surface area (Å²) >= 11 is 0. The van der Waals surface area contributed by atoms with E-state index in [1.54, 1.807) is 0 Å². The number of aryl methyl sites for hydroxylation is 2. The van der Waals surface area contributed by atoms with Crippen LogP contribution < -0.4 is 5.73 Å². The normalized spacial score (nSPS) is 13.3. The largest absolute Gasteiger partial charge is 0.324 e. The number of hydrogen-bond donors (Lipinski definition) is 1. The lowest BCUT2D eigenvalue weighted by molar-refractivity contribution is 0.509. The summed E-state index contributed by atoms with van der Waals surface area (Å²) in [6.07, 6.45) is 0. The van der Waals surface area contributed by atoms with Crippen LogP contribution >= 0.6 is 0 Å². The zero-order chi connectivity index (χ0) is 11.7. The first-order valence-corrected chi connectivity index (χ1v) is 5.69. The fourth-order valence-electron chi connectivity index (χ4n) is 2.08. The van der Waals surface area contributed by atoms with Crippen LogP contribution in [0.3, 0.4) is 0 Å². The Balaban J connectivity index is 3.39. The molecule has 0 saturated carbocycles. The minimum Gasteiger partial charge on any atom is -0.324 e. The monoisotopic (exact) mass is 205 g/mol. The second-order valence-electron chi connectivity index (χ2n) is 4.94. The van der Waals surface area contributed by atoms with E-state index in [0.717, 1.165) is 0 Å². The Kier molecular flexibility index (Phi) is 3.56. The van der Waals surface area contributed by atoms with Crippen LogP contribution in [0.4, 0.5) is 0 Å². The van der Waals surface area contributed by atoms with Crippen molar-refractivity contribution in [2.75, 3.05) is 0 Å². The van der Waals surface area contributed by atoms with Gasteiger partial charge in [-0.25, -0.2) is 0 Å². The van der Waals surface area contributed by atoms with Crippen molar-refractivity contribution in [2.24, 2.45) is 11.7 Å². The molecule has 2 N–H and O–H groups in total. The number of rotatable bonds is 2. The van der Waals surface area contributed by atoms with Gasteiger partial charge in [0.15, 0.2) is 0 Å². The third kappa shape index (κ3) is 2.23. The average Bonchev–Trinajstić information content (AvgIpc) is 2.15.